The third kappa shape index (κ3) is 18.8. The van der Waals surface area contributed by atoms with Crippen LogP contribution >= 0.6 is 11.8 Å². The monoisotopic (exact) mass is 537 g/mol. The summed E-state index contributed by atoms with van der Waals surface area (Å²) in [6, 6.07) is 0. The zero-order valence-electron chi connectivity index (χ0n) is 21.7. The van der Waals surface area contributed by atoms with Gasteiger partial charge in [-0.15, -0.1) is 0 Å². The van der Waals surface area contributed by atoms with Crippen molar-refractivity contribution in [3.63, 3.8) is 0 Å². The zero-order valence-corrected chi connectivity index (χ0v) is 22.6. The molecule has 210 valence electrons. The fraction of sp³-hybridized carbons (Fsp3) is 0.875. The van der Waals surface area contributed by atoms with Crippen LogP contribution < -0.4 is 0 Å². The summed E-state index contributed by atoms with van der Waals surface area (Å²) in [4.78, 5) is 35.8. The largest absolute Gasteiger partial charge is 0.463 e. The van der Waals surface area contributed by atoms with E-state index in [1.54, 1.807) is 4.90 Å². The van der Waals surface area contributed by atoms with E-state index in [0.29, 0.717) is 64.7 Å². The van der Waals surface area contributed by atoms with Crippen LogP contribution in [0.5, 0.6) is 0 Å². The Balaban J connectivity index is 1.73. The van der Waals surface area contributed by atoms with Crippen molar-refractivity contribution in [3.8, 4) is 0 Å². The molecule has 0 unspecified atom stereocenters. The summed E-state index contributed by atoms with van der Waals surface area (Å²) in [5.74, 6) is -0.430. The number of carbonyl (C=O) groups is 3. The Morgan fingerprint density at radius 2 is 1.08 bits per heavy atom. The van der Waals surface area contributed by atoms with Crippen molar-refractivity contribution >= 4 is 29.6 Å². The van der Waals surface area contributed by atoms with Gasteiger partial charge in [0.1, 0.15) is 19.0 Å². The molecule has 1 amide bonds. The Hall–Kier alpha value is -1.44. The fourth-order valence-electron chi connectivity index (χ4n) is 3.10. The smallest absolute Gasteiger partial charge is 0.409 e. The molecule has 0 aromatic rings. The van der Waals surface area contributed by atoms with Crippen LogP contribution in [0.25, 0.3) is 0 Å². The first-order valence-electron chi connectivity index (χ1n) is 12.5. The van der Waals surface area contributed by atoms with Crippen molar-refractivity contribution in [2.24, 2.45) is 0 Å². The Kier molecular flexibility index (Phi) is 20.6. The topological polar surface area (TPSA) is 119 Å². The number of Topliss-reactive ketones (excluding diaryl/α,β-unsaturated/α-hetero) is 1. The van der Waals surface area contributed by atoms with Crippen molar-refractivity contribution in [2.45, 2.75) is 37.9 Å². The molecule has 0 aliphatic carbocycles. The van der Waals surface area contributed by atoms with Gasteiger partial charge in [0.25, 0.3) is 0 Å². The lowest BCUT2D eigenvalue weighted by Gasteiger charge is -2.30. The standard InChI is InChI=1S/C24H43NO10S/c1-21(26)3-4-23(27)34-19-17-32-15-13-30-11-9-29-10-12-31-14-16-33-18-20-35-24(28)25-7-5-22(36-2)6-8-25/h22H,3-20H2,1-2H3. The molecule has 11 nitrogen and oxygen atoms in total. The van der Waals surface area contributed by atoms with Crippen molar-refractivity contribution < 1.29 is 47.5 Å². The summed E-state index contributed by atoms with van der Waals surface area (Å²) >= 11 is 1.86. The van der Waals surface area contributed by atoms with E-state index >= 15 is 0 Å². The highest BCUT2D eigenvalue weighted by molar-refractivity contribution is 7.99. The summed E-state index contributed by atoms with van der Waals surface area (Å²) < 4.78 is 37.1. The van der Waals surface area contributed by atoms with E-state index in [1.165, 1.54) is 6.92 Å². The average Bonchev–Trinajstić information content (AvgIpc) is 2.88. The molecule has 0 radical (unpaired) electrons. The first-order valence-corrected chi connectivity index (χ1v) is 13.8. The summed E-state index contributed by atoms with van der Waals surface area (Å²) in [5, 5.41) is 0.644. The lowest BCUT2D eigenvalue weighted by molar-refractivity contribution is -0.146. The number of nitrogens with zero attached hydrogens (tertiary/aromatic N) is 1. The summed E-state index contributed by atoms with van der Waals surface area (Å²) in [6.45, 7) is 7.49. The van der Waals surface area contributed by atoms with Gasteiger partial charge >= 0.3 is 12.1 Å². The Bertz CT molecular complexity index is 587. The molecule has 1 aliphatic heterocycles. The van der Waals surface area contributed by atoms with Crippen LogP contribution in [0.3, 0.4) is 0 Å². The second-order valence-electron chi connectivity index (χ2n) is 8.02. The predicted molar refractivity (Wildman–Crippen MR) is 134 cm³/mol. The van der Waals surface area contributed by atoms with E-state index in [0.717, 1.165) is 25.9 Å². The third-order valence-corrected chi connectivity index (χ3v) is 6.28. The number of amides is 1. The highest BCUT2D eigenvalue weighted by Crippen LogP contribution is 2.21. The number of ketones is 1. The fourth-order valence-corrected chi connectivity index (χ4v) is 3.78. The first-order chi connectivity index (χ1) is 17.5. The zero-order chi connectivity index (χ0) is 26.3. The quantitative estimate of drug-likeness (QED) is 0.149. The van der Waals surface area contributed by atoms with E-state index in [4.69, 9.17) is 33.2 Å². The normalized spacial score (nSPS) is 14.1. The van der Waals surface area contributed by atoms with Crippen LogP contribution in [0.2, 0.25) is 0 Å². The van der Waals surface area contributed by atoms with Crippen LogP contribution in [-0.2, 0) is 42.7 Å². The van der Waals surface area contributed by atoms with Crippen molar-refractivity contribution in [3.05, 3.63) is 0 Å². The molecule has 12 heteroatoms. The molecule has 36 heavy (non-hydrogen) atoms. The van der Waals surface area contributed by atoms with E-state index in [1.807, 2.05) is 11.8 Å². The minimum atomic E-state index is -0.394. The predicted octanol–water partition coefficient (Wildman–Crippen LogP) is 1.95. The van der Waals surface area contributed by atoms with Gasteiger partial charge in [-0.1, -0.05) is 0 Å². The van der Waals surface area contributed by atoms with Crippen LogP contribution in [0.15, 0.2) is 0 Å². The number of hydrogen-bond donors (Lipinski definition) is 0. The van der Waals surface area contributed by atoms with E-state index < -0.39 is 5.97 Å². The SMILES string of the molecule is CSC1CCN(C(=O)OCCOCCOCCOCCOCCOCCOC(=O)CCC(C)=O)CC1. The maximum Gasteiger partial charge on any atom is 0.409 e. The molecular weight excluding hydrogens is 494 g/mol. The summed E-state index contributed by atoms with van der Waals surface area (Å²) in [6.07, 6.45) is 4.19. The van der Waals surface area contributed by atoms with Crippen LogP contribution in [0.1, 0.15) is 32.6 Å². The van der Waals surface area contributed by atoms with Gasteiger partial charge in [-0.2, -0.15) is 11.8 Å². The highest BCUT2D eigenvalue weighted by Gasteiger charge is 2.22. The molecule has 1 aliphatic rings. The van der Waals surface area contributed by atoms with Gasteiger partial charge in [-0.25, -0.2) is 4.79 Å². The molecule has 0 spiro atoms. The number of likely N-dealkylation sites (tertiary alicyclic amines) is 1. The Morgan fingerprint density at radius 1 is 0.667 bits per heavy atom. The number of piperidine rings is 1. The van der Waals surface area contributed by atoms with Crippen molar-refractivity contribution in [1.29, 1.82) is 0 Å². The van der Waals surface area contributed by atoms with Crippen LogP contribution in [-0.4, -0.2) is 127 Å². The molecular formula is C24H43NO10S. The van der Waals surface area contributed by atoms with Crippen LogP contribution in [0, 0.1) is 0 Å². The number of hydrogen-bond acceptors (Lipinski definition) is 11. The molecule has 1 rings (SSSR count). The van der Waals surface area contributed by atoms with Crippen molar-refractivity contribution in [2.75, 3.05) is 98.6 Å². The van der Waals surface area contributed by atoms with Gasteiger partial charge in [0, 0.05) is 24.8 Å². The number of thioether (sulfide) groups is 1. The minimum absolute atomic E-state index is 0.0353. The van der Waals surface area contributed by atoms with Gasteiger partial charge in [0.15, 0.2) is 0 Å². The molecule has 0 aromatic heterocycles. The molecule has 0 N–H and O–H groups in total. The maximum absolute atomic E-state index is 12.0. The average molecular weight is 538 g/mol. The number of carbonyl (C=O) groups excluding carboxylic acids is 3. The molecule has 1 fully saturated rings. The van der Waals surface area contributed by atoms with E-state index in [2.05, 4.69) is 6.26 Å². The van der Waals surface area contributed by atoms with E-state index in [-0.39, 0.29) is 44.5 Å². The van der Waals surface area contributed by atoms with Gasteiger partial charge in [0.2, 0.25) is 0 Å². The number of esters is 1. The second-order valence-corrected chi connectivity index (χ2v) is 9.16. The molecule has 0 bridgehead atoms. The minimum Gasteiger partial charge on any atom is -0.463 e. The van der Waals surface area contributed by atoms with Crippen molar-refractivity contribution in [1.82, 2.24) is 4.90 Å². The Morgan fingerprint density at radius 3 is 1.50 bits per heavy atom. The van der Waals surface area contributed by atoms with E-state index in [9.17, 15) is 14.4 Å². The maximum atomic E-state index is 12.0. The summed E-state index contributed by atoms with van der Waals surface area (Å²) in [7, 11) is 0. The van der Waals surface area contributed by atoms with Gasteiger partial charge in [-0.05, 0) is 26.0 Å². The second kappa shape index (κ2) is 22.7. The molecule has 0 atom stereocenters. The highest BCUT2D eigenvalue weighted by atomic mass is 32.2. The first kappa shape index (κ1) is 32.6. The van der Waals surface area contributed by atoms with Gasteiger partial charge in [-0.3, -0.25) is 4.79 Å². The third-order valence-electron chi connectivity index (χ3n) is 5.15. The van der Waals surface area contributed by atoms with Crippen LogP contribution in [0.4, 0.5) is 4.79 Å². The lowest BCUT2D eigenvalue weighted by atomic mass is 10.1. The molecule has 1 heterocycles. The van der Waals surface area contributed by atoms with Gasteiger partial charge < -0.3 is 42.9 Å². The molecule has 0 aromatic carbocycles. The lowest BCUT2D eigenvalue weighted by Crippen LogP contribution is -2.39. The van der Waals surface area contributed by atoms with Gasteiger partial charge in [0.05, 0.1) is 72.5 Å². The molecule has 1 saturated heterocycles. The summed E-state index contributed by atoms with van der Waals surface area (Å²) in [5.41, 5.74) is 0. The number of ether oxygens (including phenoxy) is 7. The number of rotatable bonds is 22. The molecule has 0 saturated carbocycles. The Labute approximate surface area is 218 Å².